The number of hydrogen-bond donors (Lipinski definition) is 3. The molecule has 20 heavy (non-hydrogen) atoms. The number of nitrogens with one attached hydrogen (secondary N) is 1. The largest absolute Gasteiger partial charge is 0.508 e. The molecule has 1 rings (SSSR count). The van der Waals surface area contributed by atoms with E-state index in [4.69, 9.17) is 5.11 Å². The molecule has 0 spiro atoms. The lowest BCUT2D eigenvalue weighted by atomic mass is 10.0. The Balaban J connectivity index is 2.58. The molecule has 5 heteroatoms. The van der Waals surface area contributed by atoms with Crippen molar-refractivity contribution in [3.8, 4) is 5.75 Å². The van der Waals surface area contributed by atoms with E-state index in [2.05, 4.69) is 5.32 Å². The number of carbonyl (C=O) groups is 2. The van der Waals surface area contributed by atoms with Crippen molar-refractivity contribution in [1.82, 2.24) is 5.32 Å². The standard InChI is InChI=1S/C15H21NO4/c1-10(2)3-8-14(18)16-13(15(19)20)9-11-4-6-12(17)7-5-11/h4-7,10,13,17H,3,8-9H2,1-2H3,(H,16,18)(H,19,20). The molecule has 1 aromatic carbocycles. The van der Waals surface area contributed by atoms with Crippen LogP contribution in [0, 0.1) is 5.92 Å². The molecule has 0 aliphatic carbocycles. The van der Waals surface area contributed by atoms with Gasteiger partial charge in [-0.2, -0.15) is 0 Å². The number of aromatic hydroxyl groups is 1. The van der Waals surface area contributed by atoms with Gasteiger partial charge in [0, 0.05) is 12.8 Å². The Morgan fingerprint density at radius 1 is 1.20 bits per heavy atom. The predicted octanol–water partition coefficient (Wildman–Crippen LogP) is 1.94. The summed E-state index contributed by atoms with van der Waals surface area (Å²) < 4.78 is 0. The number of rotatable bonds is 7. The second-order valence-corrected chi connectivity index (χ2v) is 5.26. The van der Waals surface area contributed by atoms with Crippen LogP contribution >= 0.6 is 0 Å². The Labute approximate surface area is 118 Å². The van der Waals surface area contributed by atoms with Crippen molar-refractivity contribution in [2.75, 3.05) is 0 Å². The SMILES string of the molecule is CC(C)CCC(=O)NC(Cc1ccc(O)cc1)C(=O)O. The van der Waals surface area contributed by atoms with Gasteiger partial charge in [0.05, 0.1) is 0 Å². The molecule has 1 aromatic rings. The number of phenols is 1. The smallest absolute Gasteiger partial charge is 0.326 e. The molecule has 0 aromatic heterocycles. The fourth-order valence-electron chi connectivity index (χ4n) is 1.75. The molecular formula is C15H21NO4. The summed E-state index contributed by atoms with van der Waals surface area (Å²) >= 11 is 0. The average molecular weight is 279 g/mol. The van der Waals surface area contributed by atoms with Crippen LogP contribution in [0.1, 0.15) is 32.3 Å². The van der Waals surface area contributed by atoms with Crippen LogP contribution < -0.4 is 5.32 Å². The molecular weight excluding hydrogens is 258 g/mol. The predicted molar refractivity (Wildman–Crippen MR) is 75.4 cm³/mol. The summed E-state index contributed by atoms with van der Waals surface area (Å²) in [7, 11) is 0. The number of hydrogen-bond acceptors (Lipinski definition) is 3. The lowest BCUT2D eigenvalue weighted by molar-refractivity contribution is -0.141. The van der Waals surface area contributed by atoms with Crippen molar-refractivity contribution in [2.45, 2.75) is 39.2 Å². The van der Waals surface area contributed by atoms with Crippen molar-refractivity contribution in [3.05, 3.63) is 29.8 Å². The first-order valence-corrected chi connectivity index (χ1v) is 6.68. The fraction of sp³-hybridized carbons (Fsp3) is 0.467. The van der Waals surface area contributed by atoms with Gasteiger partial charge in [-0.1, -0.05) is 26.0 Å². The van der Waals surface area contributed by atoms with E-state index >= 15 is 0 Å². The highest BCUT2D eigenvalue weighted by molar-refractivity contribution is 5.83. The minimum atomic E-state index is -1.06. The number of carboxylic acids is 1. The number of benzene rings is 1. The van der Waals surface area contributed by atoms with E-state index in [1.807, 2.05) is 13.8 Å². The molecule has 0 saturated heterocycles. The highest BCUT2D eigenvalue weighted by Crippen LogP contribution is 2.12. The molecule has 0 radical (unpaired) electrons. The van der Waals surface area contributed by atoms with Crippen molar-refractivity contribution in [2.24, 2.45) is 5.92 Å². The summed E-state index contributed by atoms with van der Waals surface area (Å²) in [5.74, 6) is -0.774. The van der Waals surface area contributed by atoms with Crippen LogP contribution in [0.2, 0.25) is 0 Å². The van der Waals surface area contributed by atoms with Crippen molar-refractivity contribution < 1.29 is 19.8 Å². The molecule has 0 aliphatic rings. The zero-order valence-electron chi connectivity index (χ0n) is 11.8. The fourth-order valence-corrected chi connectivity index (χ4v) is 1.75. The minimum Gasteiger partial charge on any atom is -0.508 e. The molecule has 0 fully saturated rings. The third-order valence-corrected chi connectivity index (χ3v) is 2.96. The zero-order chi connectivity index (χ0) is 15.1. The van der Waals surface area contributed by atoms with Gasteiger partial charge in [-0.15, -0.1) is 0 Å². The summed E-state index contributed by atoms with van der Waals surface area (Å²) in [6.07, 6.45) is 1.26. The second-order valence-electron chi connectivity index (χ2n) is 5.26. The highest BCUT2D eigenvalue weighted by Gasteiger charge is 2.20. The van der Waals surface area contributed by atoms with Crippen LogP contribution in [0.4, 0.5) is 0 Å². The van der Waals surface area contributed by atoms with E-state index in [-0.39, 0.29) is 18.1 Å². The molecule has 1 unspecified atom stereocenters. The van der Waals surface area contributed by atoms with Gasteiger partial charge in [-0.05, 0) is 30.0 Å². The molecule has 1 amide bonds. The van der Waals surface area contributed by atoms with E-state index < -0.39 is 12.0 Å². The monoisotopic (exact) mass is 279 g/mol. The lowest BCUT2D eigenvalue weighted by Crippen LogP contribution is -2.42. The summed E-state index contributed by atoms with van der Waals surface area (Å²) in [6, 6.07) is 5.33. The Morgan fingerprint density at radius 3 is 2.30 bits per heavy atom. The highest BCUT2D eigenvalue weighted by atomic mass is 16.4. The first kappa shape index (κ1) is 16.0. The van der Waals surface area contributed by atoms with Gasteiger partial charge in [0.15, 0.2) is 0 Å². The van der Waals surface area contributed by atoms with Crippen LogP contribution in [0.3, 0.4) is 0 Å². The van der Waals surface area contributed by atoms with Gasteiger partial charge in [-0.25, -0.2) is 4.79 Å². The third kappa shape index (κ3) is 5.73. The number of phenolic OH excluding ortho intramolecular Hbond substituents is 1. The average Bonchev–Trinajstić information content (AvgIpc) is 2.38. The zero-order valence-corrected chi connectivity index (χ0v) is 11.8. The van der Waals surface area contributed by atoms with Gasteiger partial charge in [0.1, 0.15) is 11.8 Å². The summed E-state index contributed by atoms with van der Waals surface area (Å²) in [4.78, 5) is 22.9. The molecule has 3 N–H and O–H groups in total. The maximum absolute atomic E-state index is 11.7. The normalized spacial score (nSPS) is 12.2. The maximum atomic E-state index is 11.7. The molecule has 110 valence electrons. The lowest BCUT2D eigenvalue weighted by Gasteiger charge is -2.15. The Hall–Kier alpha value is -2.04. The van der Waals surface area contributed by atoms with Crippen molar-refractivity contribution in [1.29, 1.82) is 0 Å². The van der Waals surface area contributed by atoms with Gasteiger partial charge in [0.2, 0.25) is 5.91 Å². The number of carbonyl (C=O) groups excluding carboxylic acids is 1. The molecule has 5 nitrogen and oxygen atoms in total. The van der Waals surface area contributed by atoms with Gasteiger partial charge >= 0.3 is 5.97 Å². The van der Waals surface area contributed by atoms with E-state index in [9.17, 15) is 14.7 Å². The summed E-state index contributed by atoms with van der Waals surface area (Å²) in [5.41, 5.74) is 0.749. The first-order chi connectivity index (χ1) is 9.38. The molecule has 1 atom stereocenters. The molecule has 0 heterocycles. The number of aliphatic carboxylic acids is 1. The Bertz CT molecular complexity index is 453. The minimum absolute atomic E-state index is 0.126. The molecule has 0 aliphatic heterocycles. The maximum Gasteiger partial charge on any atom is 0.326 e. The Morgan fingerprint density at radius 2 is 1.80 bits per heavy atom. The summed E-state index contributed by atoms with van der Waals surface area (Å²) in [6.45, 7) is 4.02. The van der Waals surface area contributed by atoms with Crippen molar-refractivity contribution >= 4 is 11.9 Å². The molecule has 0 bridgehead atoms. The number of amides is 1. The quantitative estimate of drug-likeness (QED) is 0.712. The second kappa shape index (κ2) is 7.53. The number of carboxylic acid groups (broad SMARTS) is 1. The van der Waals surface area contributed by atoms with Gasteiger partial charge in [-0.3, -0.25) is 4.79 Å². The third-order valence-electron chi connectivity index (χ3n) is 2.96. The van der Waals surface area contributed by atoms with E-state index in [0.29, 0.717) is 12.3 Å². The van der Waals surface area contributed by atoms with Crippen LogP contribution in [0.15, 0.2) is 24.3 Å². The van der Waals surface area contributed by atoms with Crippen LogP contribution in [0.25, 0.3) is 0 Å². The first-order valence-electron chi connectivity index (χ1n) is 6.68. The van der Waals surface area contributed by atoms with Gasteiger partial charge < -0.3 is 15.5 Å². The van der Waals surface area contributed by atoms with E-state index in [0.717, 1.165) is 12.0 Å². The van der Waals surface area contributed by atoms with E-state index in [1.54, 1.807) is 12.1 Å². The van der Waals surface area contributed by atoms with Crippen LogP contribution in [-0.2, 0) is 16.0 Å². The van der Waals surface area contributed by atoms with Crippen LogP contribution in [0.5, 0.6) is 5.75 Å². The summed E-state index contributed by atoms with van der Waals surface area (Å²) in [5, 5.41) is 20.9. The molecule has 0 saturated carbocycles. The Kier molecular flexibility index (Phi) is 6.03. The van der Waals surface area contributed by atoms with Crippen LogP contribution in [-0.4, -0.2) is 28.1 Å². The van der Waals surface area contributed by atoms with Crippen molar-refractivity contribution in [3.63, 3.8) is 0 Å². The topological polar surface area (TPSA) is 86.6 Å². The van der Waals surface area contributed by atoms with E-state index in [1.165, 1.54) is 12.1 Å². The van der Waals surface area contributed by atoms with Gasteiger partial charge in [0.25, 0.3) is 0 Å².